The Morgan fingerprint density at radius 1 is 1.21 bits per heavy atom. The summed E-state index contributed by atoms with van der Waals surface area (Å²) in [5, 5.41) is 3.85. The van der Waals surface area contributed by atoms with Crippen LogP contribution in [0.25, 0.3) is 0 Å². The normalized spacial score (nSPS) is 11.9. The zero-order chi connectivity index (χ0) is 14.6. The molecule has 0 saturated heterocycles. The zero-order valence-corrected chi connectivity index (χ0v) is 13.5. The van der Waals surface area contributed by atoms with Crippen LogP contribution in [0.1, 0.15) is 19.4 Å². The summed E-state index contributed by atoms with van der Waals surface area (Å²) >= 11 is 11.9. The van der Waals surface area contributed by atoms with Gasteiger partial charge in [-0.15, -0.1) is 0 Å². The monoisotopic (exact) mass is 324 g/mol. The molecular formula is C12H18Cl2N2O2S. The van der Waals surface area contributed by atoms with E-state index in [1.54, 1.807) is 13.0 Å². The van der Waals surface area contributed by atoms with Crippen molar-refractivity contribution in [3.63, 3.8) is 0 Å². The van der Waals surface area contributed by atoms with Gasteiger partial charge in [0.05, 0.1) is 16.5 Å². The van der Waals surface area contributed by atoms with E-state index in [2.05, 4.69) is 10.0 Å². The Balaban J connectivity index is 2.76. The van der Waals surface area contributed by atoms with Crippen LogP contribution < -0.4 is 10.0 Å². The molecular weight excluding hydrogens is 307 g/mol. The van der Waals surface area contributed by atoms with E-state index in [0.29, 0.717) is 22.3 Å². The lowest BCUT2D eigenvalue weighted by Gasteiger charge is -2.12. The number of benzene rings is 1. The zero-order valence-electron chi connectivity index (χ0n) is 11.1. The van der Waals surface area contributed by atoms with E-state index < -0.39 is 10.0 Å². The molecule has 108 valence electrons. The fraction of sp³-hybridized carbons (Fsp3) is 0.500. The Morgan fingerprint density at radius 2 is 1.84 bits per heavy atom. The van der Waals surface area contributed by atoms with Gasteiger partial charge in [0.2, 0.25) is 10.0 Å². The molecule has 0 spiro atoms. The Bertz CT molecular complexity index is 545. The van der Waals surface area contributed by atoms with E-state index in [-0.39, 0.29) is 11.8 Å². The smallest absolute Gasteiger partial charge is 0.234 e. The standard InChI is InChI=1S/C12H18Cl2N2O2S/c1-8(2)15-4-5-19(17,18)16-12-7-10(13)9(3)6-11(12)14/h6-8,15-16H,4-5H2,1-3H3. The molecule has 4 nitrogen and oxygen atoms in total. The highest BCUT2D eigenvalue weighted by atomic mass is 35.5. The molecule has 0 aliphatic heterocycles. The fourth-order valence-corrected chi connectivity index (χ4v) is 2.90. The highest BCUT2D eigenvalue weighted by Crippen LogP contribution is 2.29. The lowest BCUT2D eigenvalue weighted by atomic mass is 10.2. The van der Waals surface area contributed by atoms with Crippen LogP contribution in [0.5, 0.6) is 0 Å². The summed E-state index contributed by atoms with van der Waals surface area (Å²) in [7, 11) is -3.44. The average molecular weight is 325 g/mol. The largest absolute Gasteiger partial charge is 0.313 e. The number of hydrogen-bond acceptors (Lipinski definition) is 3. The summed E-state index contributed by atoms with van der Waals surface area (Å²) in [6, 6.07) is 3.40. The summed E-state index contributed by atoms with van der Waals surface area (Å²) in [6.07, 6.45) is 0. The molecule has 0 aromatic heterocycles. The lowest BCUT2D eigenvalue weighted by molar-refractivity contribution is 0.582. The number of sulfonamides is 1. The second-order valence-corrected chi connectivity index (χ2v) is 7.27. The van der Waals surface area contributed by atoms with Gasteiger partial charge in [-0.05, 0) is 24.6 Å². The lowest BCUT2D eigenvalue weighted by Crippen LogP contribution is -2.31. The maximum Gasteiger partial charge on any atom is 0.234 e. The molecule has 0 aliphatic rings. The van der Waals surface area contributed by atoms with Crippen molar-refractivity contribution in [1.82, 2.24) is 5.32 Å². The molecule has 0 amide bonds. The molecule has 0 heterocycles. The van der Waals surface area contributed by atoms with Gasteiger partial charge >= 0.3 is 0 Å². The van der Waals surface area contributed by atoms with Crippen molar-refractivity contribution in [1.29, 1.82) is 0 Å². The SMILES string of the molecule is Cc1cc(Cl)c(NS(=O)(=O)CCNC(C)C)cc1Cl. The van der Waals surface area contributed by atoms with Crippen LogP contribution in [0.3, 0.4) is 0 Å². The second-order valence-electron chi connectivity index (χ2n) is 4.61. The molecule has 0 radical (unpaired) electrons. The maximum atomic E-state index is 11.9. The molecule has 0 bridgehead atoms. The molecule has 19 heavy (non-hydrogen) atoms. The predicted molar refractivity (Wildman–Crippen MR) is 81.7 cm³/mol. The van der Waals surface area contributed by atoms with Crippen molar-refractivity contribution in [3.8, 4) is 0 Å². The summed E-state index contributed by atoms with van der Waals surface area (Å²) in [5.41, 5.74) is 1.11. The van der Waals surface area contributed by atoms with Crippen molar-refractivity contribution >= 4 is 38.9 Å². The van der Waals surface area contributed by atoms with Gasteiger partial charge in [0.25, 0.3) is 0 Å². The van der Waals surface area contributed by atoms with Crippen molar-refractivity contribution in [2.24, 2.45) is 0 Å². The number of rotatable bonds is 6. The van der Waals surface area contributed by atoms with Crippen molar-refractivity contribution in [3.05, 3.63) is 27.7 Å². The number of aryl methyl sites for hydroxylation is 1. The molecule has 2 N–H and O–H groups in total. The number of anilines is 1. The van der Waals surface area contributed by atoms with E-state index in [9.17, 15) is 8.42 Å². The third-order valence-electron chi connectivity index (χ3n) is 2.44. The predicted octanol–water partition coefficient (Wildman–Crippen LogP) is 3.04. The van der Waals surface area contributed by atoms with Crippen molar-refractivity contribution < 1.29 is 8.42 Å². The highest BCUT2D eigenvalue weighted by molar-refractivity contribution is 7.92. The number of hydrogen-bond donors (Lipinski definition) is 2. The first-order chi connectivity index (χ1) is 8.71. The van der Waals surface area contributed by atoms with Crippen molar-refractivity contribution in [2.45, 2.75) is 26.8 Å². The van der Waals surface area contributed by atoms with Gasteiger partial charge in [-0.3, -0.25) is 4.72 Å². The molecule has 0 saturated carbocycles. The van der Waals surface area contributed by atoms with E-state index in [0.717, 1.165) is 5.56 Å². The minimum atomic E-state index is -3.44. The maximum absolute atomic E-state index is 11.9. The quantitative estimate of drug-likeness (QED) is 0.845. The molecule has 0 fully saturated rings. The van der Waals surface area contributed by atoms with Crippen LogP contribution >= 0.6 is 23.2 Å². The third kappa shape index (κ3) is 5.57. The second kappa shape index (κ2) is 6.79. The van der Waals surface area contributed by atoms with Crippen LogP contribution in [0.15, 0.2) is 12.1 Å². The van der Waals surface area contributed by atoms with Crippen LogP contribution in [0.4, 0.5) is 5.69 Å². The Labute approximate surface area is 124 Å². The van der Waals surface area contributed by atoms with Crippen LogP contribution in [0, 0.1) is 6.92 Å². The van der Waals surface area contributed by atoms with Crippen molar-refractivity contribution in [2.75, 3.05) is 17.0 Å². The van der Waals surface area contributed by atoms with Crippen LogP contribution in [0.2, 0.25) is 10.0 Å². The Morgan fingerprint density at radius 3 is 2.42 bits per heavy atom. The highest BCUT2D eigenvalue weighted by Gasteiger charge is 2.13. The minimum absolute atomic E-state index is 0.0208. The Hall–Kier alpha value is -0.490. The molecule has 0 atom stereocenters. The first kappa shape index (κ1) is 16.6. The van der Waals surface area contributed by atoms with E-state index in [1.165, 1.54) is 6.07 Å². The molecule has 0 aliphatic carbocycles. The molecule has 7 heteroatoms. The fourth-order valence-electron chi connectivity index (χ4n) is 1.43. The van der Waals surface area contributed by atoms with Gasteiger partial charge in [-0.2, -0.15) is 0 Å². The average Bonchev–Trinajstić information content (AvgIpc) is 2.24. The minimum Gasteiger partial charge on any atom is -0.313 e. The van der Waals surface area contributed by atoms with Gasteiger partial charge in [-0.25, -0.2) is 8.42 Å². The number of halogens is 2. The van der Waals surface area contributed by atoms with Gasteiger partial charge < -0.3 is 5.32 Å². The van der Waals surface area contributed by atoms with Crippen LogP contribution in [-0.2, 0) is 10.0 Å². The first-order valence-electron chi connectivity index (χ1n) is 5.91. The van der Waals surface area contributed by atoms with E-state index in [1.807, 2.05) is 13.8 Å². The van der Waals surface area contributed by atoms with Crippen LogP contribution in [-0.4, -0.2) is 26.8 Å². The topological polar surface area (TPSA) is 58.2 Å². The molecule has 1 aromatic rings. The molecule has 0 unspecified atom stereocenters. The summed E-state index contributed by atoms with van der Waals surface area (Å²) in [6.45, 7) is 6.09. The van der Waals surface area contributed by atoms with Gasteiger partial charge in [0, 0.05) is 17.6 Å². The number of nitrogens with one attached hydrogen (secondary N) is 2. The third-order valence-corrected chi connectivity index (χ3v) is 4.43. The van der Waals surface area contributed by atoms with E-state index in [4.69, 9.17) is 23.2 Å². The van der Waals surface area contributed by atoms with Gasteiger partial charge in [-0.1, -0.05) is 37.0 Å². The summed E-state index contributed by atoms with van der Waals surface area (Å²) < 4.78 is 26.2. The van der Waals surface area contributed by atoms with Gasteiger partial charge in [0.1, 0.15) is 0 Å². The molecule has 1 aromatic carbocycles. The summed E-state index contributed by atoms with van der Waals surface area (Å²) in [4.78, 5) is 0. The Kier molecular flexibility index (Phi) is 5.92. The van der Waals surface area contributed by atoms with E-state index >= 15 is 0 Å². The van der Waals surface area contributed by atoms with Gasteiger partial charge in [0.15, 0.2) is 0 Å². The summed E-state index contributed by atoms with van der Waals surface area (Å²) in [5.74, 6) is -0.0208. The first-order valence-corrected chi connectivity index (χ1v) is 8.31. The molecule has 1 rings (SSSR count).